The molecule has 1 unspecified atom stereocenters. The van der Waals surface area contributed by atoms with Crippen molar-refractivity contribution >= 4 is 23.0 Å². The number of ether oxygens (including phenoxy) is 2. The largest absolute Gasteiger partial charge is 0.463 e. The molecule has 0 bridgehead atoms. The summed E-state index contributed by atoms with van der Waals surface area (Å²) in [6.07, 6.45) is 0.497. The van der Waals surface area contributed by atoms with E-state index in [0.29, 0.717) is 30.0 Å². The van der Waals surface area contributed by atoms with Crippen LogP contribution in [0.1, 0.15) is 22.2 Å². The zero-order chi connectivity index (χ0) is 18.5. The molecule has 0 saturated carbocycles. The second-order valence-electron chi connectivity index (χ2n) is 5.74. The van der Waals surface area contributed by atoms with Gasteiger partial charge in [-0.2, -0.15) is 0 Å². The molecule has 1 amide bonds. The second kappa shape index (κ2) is 7.88. The third kappa shape index (κ3) is 3.62. The maximum atomic E-state index is 12.7. The standard InChI is InChI=1S/C19H20N2O5/c1-21-14-8-10-25-16(14)12-15(21)19(23)26-17(13-6-4-3-5-7-13)18(22)20-9-11-24-2/h3-8,10,12,17H,9,11H2,1-2H3,(H,20,22). The summed E-state index contributed by atoms with van der Waals surface area (Å²) in [5.41, 5.74) is 2.26. The molecule has 7 nitrogen and oxygen atoms in total. The van der Waals surface area contributed by atoms with Crippen LogP contribution in [0.4, 0.5) is 0 Å². The van der Waals surface area contributed by atoms with Crippen LogP contribution in [-0.4, -0.2) is 36.7 Å². The van der Waals surface area contributed by atoms with E-state index in [1.807, 2.05) is 6.07 Å². The molecule has 0 aliphatic carbocycles. The molecule has 26 heavy (non-hydrogen) atoms. The van der Waals surface area contributed by atoms with E-state index < -0.39 is 18.0 Å². The number of hydrogen-bond acceptors (Lipinski definition) is 5. The van der Waals surface area contributed by atoms with Crippen molar-refractivity contribution < 1.29 is 23.5 Å². The van der Waals surface area contributed by atoms with Crippen molar-refractivity contribution in [3.8, 4) is 0 Å². The molecule has 0 saturated heterocycles. The first-order valence-electron chi connectivity index (χ1n) is 8.17. The van der Waals surface area contributed by atoms with Crippen molar-refractivity contribution in [3.05, 3.63) is 60.0 Å². The fraction of sp³-hybridized carbons (Fsp3) is 0.263. The maximum absolute atomic E-state index is 12.7. The van der Waals surface area contributed by atoms with E-state index in [2.05, 4.69) is 5.32 Å². The Balaban J connectivity index is 1.82. The first-order valence-corrected chi connectivity index (χ1v) is 8.17. The molecule has 1 N–H and O–H groups in total. The van der Waals surface area contributed by atoms with Crippen LogP contribution in [0.25, 0.3) is 11.1 Å². The smallest absolute Gasteiger partial charge is 0.356 e. The molecule has 0 aliphatic rings. The van der Waals surface area contributed by atoms with Gasteiger partial charge in [0.05, 0.1) is 18.4 Å². The molecule has 0 fully saturated rings. The Morgan fingerprint density at radius 2 is 2.00 bits per heavy atom. The van der Waals surface area contributed by atoms with Crippen molar-refractivity contribution in [2.45, 2.75) is 6.10 Å². The van der Waals surface area contributed by atoms with E-state index in [4.69, 9.17) is 13.9 Å². The Morgan fingerprint density at radius 1 is 1.23 bits per heavy atom. The predicted molar refractivity (Wildman–Crippen MR) is 94.7 cm³/mol. The third-order valence-electron chi connectivity index (χ3n) is 4.04. The fourth-order valence-electron chi connectivity index (χ4n) is 2.68. The number of rotatable bonds is 7. The maximum Gasteiger partial charge on any atom is 0.356 e. The Labute approximate surface area is 150 Å². The number of fused-ring (bicyclic) bond motifs is 1. The minimum Gasteiger partial charge on any atom is -0.463 e. The van der Waals surface area contributed by atoms with Crippen LogP contribution in [0.3, 0.4) is 0 Å². The number of methoxy groups -OCH3 is 1. The third-order valence-corrected chi connectivity index (χ3v) is 4.04. The van der Waals surface area contributed by atoms with Crippen LogP contribution in [-0.2, 0) is 21.3 Å². The molecular weight excluding hydrogens is 336 g/mol. The average Bonchev–Trinajstić information content (AvgIpc) is 3.23. The Morgan fingerprint density at radius 3 is 2.69 bits per heavy atom. The number of carbonyl (C=O) groups is 2. The molecule has 0 aliphatic heterocycles. The van der Waals surface area contributed by atoms with Crippen LogP contribution < -0.4 is 5.32 Å². The summed E-state index contributed by atoms with van der Waals surface area (Å²) < 4.78 is 17.5. The highest BCUT2D eigenvalue weighted by Gasteiger charge is 2.27. The number of esters is 1. The number of nitrogens with zero attached hydrogens (tertiary/aromatic N) is 1. The normalized spacial score (nSPS) is 12.1. The van der Waals surface area contributed by atoms with E-state index in [0.717, 1.165) is 5.52 Å². The summed E-state index contributed by atoms with van der Waals surface area (Å²) in [4.78, 5) is 25.2. The van der Waals surface area contributed by atoms with Crippen LogP contribution in [0.15, 0.2) is 53.1 Å². The predicted octanol–water partition coefficient (Wildman–Crippen LogP) is 2.43. The van der Waals surface area contributed by atoms with E-state index in [-0.39, 0.29) is 0 Å². The van der Waals surface area contributed by atoms with E-state index in [1.54, 1.807) is 61.4 Å². The Bertz CT molecular complexity index is 897. The van der Waals surface area contributed by atoms with Crippen molar-refractivity contribution in [2.24, 2.45) is 7.05 Å². The second-order valence-corrected chi connectivity index (χ2v) is 5.74. The number of aromatic nitrogens is 1. The van der Waals surface area contributed by atoms with Gasteiger partial charge in [0.25, 0.3) is 5.91 Å². The van der Waals surface area contributed by atoms with Gasteiger partial charge in [-0.25, -0.2) is 4.79 Å². The van der Waals surface area contributed by atoms with Gasteiger partial charge in [0.2, 0.25) is 6.10 Å². The molecule has 0 radical (unpaired) electrons. The van der Waals surface area contributed by atoms with Crippen molar-refractivity contribution in [2.75, 3.05) is 20.3 Å². The van der Waals surface area contributed by atoms with Gasteiger partial charge in [-0.05, 0) is 0 Å². The summed E-state index contributed by atoms with van der Waals surface area (Å²) in [5.74, 6) is -1.01. The zero-order valence-corrected chi connectivity index (χ0v) is 14.6. The van der Waals surface area contributed by atoms with Crippen LogP contribution in [0, 0.1) is 0 Å². The number of nitrogens with one attached hydrogen (secondary N) is 1. The lowest BCUT2D eigenvalue weighted by Crippen LogP contribution is -2.34. The Kier molecular flexibility index (Phi) is 5.38. The van der Waals surface area contributed by atoms with Crippen LogP contribution >= 0.6 is 0 Å². The van der Waals surface area contributed by atoms with Gasteiger partial charge in [0.1, 0.15) is 5.69 Å². The number of amides is 1. The molecule has 7 heteroatoms. The SMILES string of the molecule is COCCNC(=O)C(OC(=O)c1cc2occc2n1C)c1ccccc1. The summed E-state index contributed by atoms with van der Waals surface area (Å²) in [6.45, 7) is 0.697. The number of carbonyl (C=O) groups excluding carboxylic acids is 2. The van der Waals surface area contributed by atoms with Crippen molar-refractivity contribution in [1.82, 2.24) is 9.88 Å². The van der Waals surface area contributed by atoms with E-state index >= 15 is 0 Å². The minimum atomic E-state index is -1.05. The summed E-state index contributed by atoms with van der Waals surface area (Å²) in [7, 11) is 3.29. The Hall–Kier alpha value is -3.06. The van der Waals surface area contributed by atoms with Crippen molar-refractivity contribution in [1.29, 1.82) is 0 Å². The average molecular weight is 356 g/mol. The summed E-state index contributed by atoms with van der Waals surface area (Å²) >= 11 is 0. The number of furan rings is 1. The monoisotopic (exact) mass is 356 g/mol. The molecule has 0 spiro atoms. The quantitative estimate of drug-likeness (QED) is 0.519. The van der Waals surface area contributed by atoms with Gasteiger partial charge in [-0.1, -0.05) is 30.3 Å². The summed E-state index contributed by atoms with van der Waals surface area (Å²) in [6, 6.07) is 12.2. The van der Waals surface area contributed by atoms with E-state index in [1.165, 1.54) is 0 Å². The van der Waals surface area contributed by atoms with Crippen LogP contribution in [0.5, 0.6) is 0 Å². The van der Waals surface area contributed by atoms with Gasteiger partial charge in [0, 0.05) is 38.4 Å². The molecule has 3 aromatic rings. The highest BCUT2D eigenvalue weighted by Crippen LogP contribution is 2.23. The van der Waals surface area contributed by atoms with E-state index in [9.17, 15) is 9.59 Å². The fourth-order valence-corrected chi connectivity index (χ4v) is 2.68. The van der Waals surface area contributed by atoms with Gasteiger partial charge in [-0.3, -0.25) is 4.79 Å². The summed E-state index contributed by atoms with van der Waals surface area (Å²) in [5, 5.41) is 2.71. The first-order chi connectivity index (χ1) is 12.6. The highest BCUT2D eigenvalue weighted by molar-refractivity contribution is 5.95. The first kappa shape index (κ1) is 17.8. The van der Waals surface area contributed by atoms with Crippen molar-refractivity contribution in [3.63, 3.8) is 0 Å². The number of benzene rings is 1. The van der Waals surface area contributed by atoms with Crippen LogP contribution in [0.2, 0.25) is 0 Å². The van der Waals surface area contributed by atoms with Gasteiger partial charge >= 0.3 is 5.97 Å². The molecule has 1 atom stereocenters. The molecule has 2 heterocycles. The lowest BCUT2D eigenvalue weighted by atomic mass is 10.1. The minimum absolute atomic E-state index is 0.310. The molecule has 3 rings (SSSR count). The molecule has 2 aromatic heterocycles. The number of aryl methyl sites for hydroxylation is 1. The highest BCUT2D eigenvalue weighted by atomic mass is 16.5. The number of hydrogen-bond donors (Lipinski definition) is 1. The molecule has 1 aromatic carbocycles. The topological polar surface area (TPSA) is 82.7 Å². The van der Waals surface area contributed by atoms with Gasteiger partial charge < -0.3 is 23.8 Å². The molecular formula is C19H20N2O5. The lowest BCUT2D eigenvalue weighted by molar-refractivity contribution is -0.130. The molecule has 136 valence electrons. The van der Waals surface area contributed by atoms with Gasteiger partial charge in [-0.15, -0.1) is 0 Å². The lowest BCUT2D eigenvalue weighted by Gasteiger charge is -2.18. The zero-order valence-electron chi connectivity index (χ0n) is 14.6. The van der Waals surface area contributed by atoms with Gasteiger partial charge in [0.15, 0.2) is 5.58 Å².